The van der Waals surface area contributed by atoms with Gasteiger partial charge < -0.3 is 4.98 Å². The Bertz CT molecular complexity index is 792. The van der Waals surface area contributed by atoms with Crippen LogP contribution in [0.5, 0.6) is 0 Å². The zero-order valence-electron chi connectivity index (χ0n) is 11.8. The van der Waals surface area contributed by atoms with Gasteiger partial charge in [-0.1, -0.05) is 60.7 Å². The molecule has 1 heterocycles. The number of hydrogen-bond acceptors (Lipinski definition) is 2. The highest BCUT2D eigenvalue weighted by Crippen LogP contribution is 2.21. The van der Waals surface area contributed by atoms with Crippen LogP contribution in [-0.4, -0.2) is 9.97 Å². The first kappa shape index (κ1) is 13.3. The number of benzene rings is 2. The molecule has 0 fully saturated rings. The molecule has 0 atom stereocenters. The standard InChI is InChI=1S/C18H16N2O/c1-13-18(21)20-17(15-10-6-3-7-11-15)16(19-13)12-14-8-4-2-5-9-14/h2-11H,12H2,1H3,(H,20,21). The zero-order chi connectivity index (χ0) is 14.7. The summed E-state index contributed by atoms with van der Waals surface area (Å²) in [6.45, 7) is 1.74. The molecular formula is C18H16N2O. The van der Waals surface area contributed by atoms with Gasteiger partial charge in [0.25, 0.3) is 5.56 Å². The number of nitrogens with zero attached hydrogens (tertiary/aromatic N) is 1. The van der Waals surface area contributed by atoms with Crippen LogP contribution in [0.2, 0.25) is 0 Å². The third-order valence-corrected chi connectivity index (χ3v) is 3.44. The average Bonchev–Trinajstić information content (AvgIpc) is 2.52. The van der Waals surface area contributed by atoms with Gasteiger partial charge in [0, 0.05) is 6.42 Å². The number of nitrogens with one attached hydrogen (secondary N) is 1. The minimum atomic E-state index is -0.134. The monoisotopic (exact) mass is 276 g/mol. The predicted molar refractivity (Wildman–Crippen MR) is 84.3 cm³/mol. The molecule has 0 aliphatic heterocycles. The van der Waals surface area contributed by atoms with E-state index in [-0.39, 0.29) is 5.56 Å². The minimum Gasteiger partial charge on any atom is -0.319 e. The fourth-order valence-corrected chi connectivity index (χ4v) is 2.35. The fourth-order valence-electron chi connectivity index (χ4n) is 2.35. The summed E-state index contributed by atoms with van der Waals surface area (Å²) in [4.78, 5) is 19.4. The lowest BCUT2D eigenvalue weighted by molar-refractivity contribution is 0.971. The van der Waals surface area contributed by atoms with Crippen LogP contribution in [0.4, 0.5) is 0 Å². The van der Waals surface area contributed by atoms with E-state index < -0.39 is 0 Å². The topological polar surface area (TPSA) is 45.8 Å². The van der Waals surface area contributed by atoms with Crippen molar-refractivity contribution < 1.29 is 0 Å². The second kappa shape index (κ2) is 5.75. The van der Waals surface area contributed by atoms with Gasteiger partial charge in [-0.2, -0.15) is 0 Å². The van der Waals surface area contributed by atoms with Crippen molar-refractivity contribution in [1.29, 1.82) is 0 Å². The van der Waals surface area contributed by atoms with Crippen molar-refractivity contribution in [2.24, 2.45) is 0 Å². The fraction of sp³-hybridized carbons (Fsp3) is 0.111. The molecule has 1 aromatic heterocycles. The highest BCUT2D eigenvalue weighted by atomic mass is 16.1. The summed E-state index contributed by atoms with van der Waals surface area (Å²) in [7, 11) is 0. The number of hydrogen-bond donors (Lipinski definition) is 1. The van der Waals surface area contributed by atoms with Crippen LogP contribution < -0.4 is 5.56 Å². The van der Waals surface area contributed by atoms with Gasteiger partial charge in [0.15, 0.2) is 0 Å². The second-order valence-electron chi connectivity index (χ2n) is 5.00. The molecule has 0 aliphatic rings. The maximum atomic E-state index is 11.9. The van der Waals surface area contributed by atoms with Gasteiger partial charge in [-0.3, -0.25) is 4.79 Å². The van der Waals surface area contributed by atoms with E-state index in [1.54, 1.807) is 6.92 Å². The van der Waals surface area contributed by atoms with E-state index in [0.29, 0.717) is 12.1 Å². The normalized spacial score (nSPS) is 10.5. The van der Waals surface area contributed by atoms with E-state index >= 15 is 0 Å². The van der Waals surface area contributed by atoms with Gasteiger partial charge in [-0.15, -0.1) is 0 Å². The second-order valence-corrected chi connectivity index (χ2v) is 5.00. The Labute approximate surface area is 123 Å². The van der Waals surface area contributed by atoms with Crippen molar-refractivity contribution in [3.8, 4) is 11.3 Å². The maximum Gasteiger partial charge on any atom is 0.269 e. The largest absolute Gasteiger partial charge is 0.319 e. The summed E-state index contributed by atoms with van der Waals surface area (Å²) >= 11 is 0. The van der Waals surface area contributed by atoms with Crippen LogP contribution in [-0.2, 0) is 6.42 Å². The first-order valence-corrected chi connectivity index (χ1v) is 6.93. The first-order valence-electron chi connectivity index (χ1n) is 6.93. The molecule has 0 spiro atoms. The lowest BCUT2D eigenvalue weighted by Gasteiger charge is -2.10. The Morgan fingerprint density at radius 2 is 1.57 bits per heavy atom. The maximum absolute atomic E-state index is 11.9. The molecule has 3 heteroatoms. The van der Waals surface area contributed by atoms with E-state index in [0.717, 1.165) is 17.0 Å². The molecule has 21 heavy (non-hydrogen) atoms. The van der Waals surface area contributed by atoms with Gasteiger partial charge >= 0.3 is 0 Å². The van der Waals surface area contributed by atoms with E-state index in [4.69, 9.17) is 0 Å². The summed E-state index contributed by atoms with van der Waals surface area (Å²) in [6.07, 6.45) is 0.697. The van der Waals surface area contributed by atoms with Crippen LogP contribution in [0.3, 0.4) is 0 Å². The summed E-state index contributed by atoms with van der Waals surface area (Å²) in [5.74, 6) is 0. The van der Waals surface area contributed by atoms with Crippen LogP contribution in [0, 0.1) is 6.92 Å². The molecule has 104 valence electrons. The number of aryl methyl sites for hydroxylation is 1. The Hall–Kier alpha value is -2.68. The van der Waals surface area contributed by atoms with E-state index in [1.807, 2.05) is 48.5 Å². The van der Waals surface area contributed by atoms with Crippen LogP contribution >= 0.6 is 0 Å². The van der Waals surface area contributed by atoms with Crippen molar-refractivity contribution in [2.75, 3.05) is 0 Å². The highest BCUT2D eigenvalue weighted by molar-refractivity contribution is 5.61. The molecule has 0 radical (unpaired) electrons. The Morgan fingerprint density at radius 1 is 0.952 bits per heavy atom. The summed E-state index contributed by atoms with van der Waals surface area (Å²) in [5.41, 5.74) is 4.22. The van der Waals surface area contributed by atoms with Crippen LogP contribution in [0.1, 0.15) is 17.0 Å². The van der Waals surface area contributed by atoms with Crippen molar-refractivity contribution >= 4 is 0 Å². The van der Waals surface area contributed by atoms with Crippen molar-refractivity contribution in [2.45, 2.75) is 13.3 Å². The number of aromatic amines is 1. The van der Waals surface area contributed by atoms with E-state index in [1.165, 1.54) is 5.56 Å². The molecule has 3 rings (SSSR count). The summed E-state index contributed by atoms with van der Waals surface area (Å²) < 4.78 is 0. The smallest absolute Gasteiger partial charge is 0.269 e. The molecule has 0 amide bonds. The van der Waals surface area contributed by atoms with Gasteiger partial charge in [0.1, 0.15) is 5.69 Å². The molecule has 3 aromatic rings. The van der Waals surface area contributed by atoms with E-state index in [2.05, 4.69) is 22.1 Å². The van der Waals surface area contributed by atoms with Gasteiger partial charge in [0.2, 0.25) is 0 Å². The molecule has 0 saturated heterocycles. The van der Waals surface area contributed by atoms with Gasteiger partial charge in [-0.25, -0.2) is 4.98 Å². The molecule has 0 aliphatic carbocycles. The molecule has 2 aromatic carbocycles. The predicted octanol–water partition coefficient (Wildman–Crippen LogP) is 3.34. The van der Waals surface area contributed by atoms with Crippen LogP contribution in [0.15, 0.2) is 65.5 Å². The summed E-state index contributed by atoms with van der Waals surface area (Å²) in [5, 5.41) is 0. The molecule has 0 saturated carbocycles. The third-order valence-electron chi connectivity index (χ3n) is 3.44. The van der Waals surface area contributed by atoms with Crippen molar-refractivity contribution in [3.63, 3.8) is 0 Å². The Kier molecular flexibility index (Phi) is 3.65. The lowest BCUT2D eigenvalue weighted by atomic mass is 10.0. The van der Waals surface area contributed by atoms with Gasteiger partial charge in [0.05, 0.1) is 11.4 Å². The molecule has 1 N–H and O–H groups in total. The lowest BCUT2D eigenvalue weighted by Crippen LogP contribution is -2.16. The Balaban J connectivity index is 2.11. The number of aromatic nitrogens is 2. The SMILES string of the molecule is Cc1nc(Cc2ccccc2)c(-c2ccccc2)[nH]c1=O. The highest BCUT2D eigenvalue weighted by Gasteiger charge is 2.10. The van der Waals surface area contributed by atoms with E-state index in [9.17, 15) is 4.79 Å². The van der Waals surface area contributed by atoms with Crippen molar-refractivity contribution in [3.05, 3.63) is 88.0 Å². The summed E-state index contributed by atoms with van der Waals surface area (Å²) in [6, 6.07) is 20.0. The quantitative estimate of drug-likeness (QED) is 0.797. The molecule has 3 nitrogen and oxygen atoms in total. The average molecular weight is 276 g/mol. The zero-order valence-corrected chi connectivity index (χ0v) is 11.8. The third kappa shape index (κ3) is 2.92. The molecule has 0 bridgehead atoms. The molecule has 0 unspecified atom stereocenters. The van der Waals surface area contributed by atoms with Gasteiger partial charge in [-0.05, 0) is 18.1 Å². The minimum absolute atomic E-state index is 0.134. The first-order chi connectivity index (χ1) is 10.2. The Morgan fingerprint density at radius 3 is 2.24 bits per heavy atom. The van der Waals surface area contributed by atoms with Crippen LogP contribution in [0.25, 0.3) is 11.3 Å². The molecular weight excluding hydrogens is 260 g/mol. The number of H-pyrrole nitrogens is 1. The van der Waals surface area contributed by atoms with Crippen molar-refractivity contribution in [1.82, 2.24) is 9.97 Å². The number of rotatable bonds is 3.